The quantitative estimate of drug-likeness (QED) is 0.909. The van der Waals surface area contributed by atoms with Gasteiger partial charge in [-0.25, -0.2) is 4.98 Å². The molecule has 104 valence electrons. The van der Waals surface area contributed by atoms with Gasteiger partial charge in [0.15, 0.2) is 0 Å². The number of carbonyl (C=O) groups is 1. The third-order valence-electron chi connectivity index (χ3n) is 4.13. The van der Waals surface area contributed by atoms with Gasteiger partial charge in [-0.05, 0) is 37.8 Å². The average molecular weight is 272 g/mol. The Bertz CT molecular complexity index is 700. The minimum atomic E-state index is -0.729. The van der Waals surface area contributed by atoms with Gasteiger partial charge in [-0.3, -0.25) is 14.2 Å². The number of aliphatic carboxylic acids is 1. The van der Waals surface area contributed by atoms with E-state index < -0.39 is 5.97 Å². The van der Waals surface area contributed by atoms with E-state index in [1.165, 1.54) is 0 Å². The van der Waals surface area contributed by atoms with E-state index in [9.17, 15) is 9.59 Å². The Kier molecular flexibility index (Phi) is 3.26. The summed E-state index contributed by atoms with van der Waals surface area (Å²) < 4.78 is 1.67. The molecule has 1 aliphatic carbocycles. The first kappa shape index (κ1) is 12.8. The molecular formula is C15H16N2O3. The van der Waals surface area contributed by atoms with Crippen LogP contribution in [0.5, 0.6) is 0 Å². The highest BCUT2D eigenvalue weighted by Crippen LogP contribution is 2.31. The van der Waals surface area contributed by atoms with Crippen molar-refractivity contribution in [2.45, 2.75) is 31.7 Å². The van der Waals surface area contributed by atoms with Crippen molar-refractivity contribution in [3.63, 3.8) is 0 Å². The molecule has 5 heteroatoms. The van der Waals surface area contributed by atoms with E-state index in [0.29, 0.717) is 23.7 Å². The van der Waals surface area contributed by atoms with Crippen molar-refractivity contribution in [2.75, 3.05) is 0 Å². The molecule has 0 saturated heterocycles. The first-order chi connectivity index (χ1) is 9.66. The van der Waals surface area contributed by atoms with E-state index in [2.05, 4.69) is 4.98 Å². The molecule has 2 aromatic rings. The van der Waals surface area contributed by atoms with Crippen LogP contribution >= 0.6 is 0 Å². The van der Waals surface area contributed by atoms with Crippen molar-refractivity contribution in [3.05, 3.63) is 40.9 Å². The lowest BCUT2D eigenvalue weighted by atomic mass is 9.86. The minimum absolute atomic E-state index is 0.0330. The van der Waals surface area contributed by atoms with Gasteiger partial charge in [0.2, 0.25) is 0 Å². The molecule has 5 nitrogen and oxygen atoms in total. The van der Waals surface area contributed by atoms with Crippen LogP contribution in [0.1, 0.15) is 31.7 Å². The third-order valence-corrected chi connectivity index (χ3v) is 4.13. The maximum absolute atomic E-state index is 12.4. The van der Waals surface area contributed by atoms with Gasteiger partial charge in [0.25, 0.3) is 5.56 Å². The maximum Gasteiger partial charge on any atom is 0.306 e. The number of rotatable bonds is 2. The smallest absolute Gasteiger partial charge is 0.306 e. The summed E-state index contributed by atoms with van der Waals surface area (Å²) in [6.45, 7) is 0. The third kappa shape index (κ3) is 2.19. The number of nitrogens with zero attached hydrogens (tertiary/aromatic N) is 2. The number of carboxylic acid groups (broad SMARTS) is 1. The summed E-state index contributed by atoms with van der Waals surface area (Å²) >= 11 is 0. The fourth-order valence-corrected chi connectivity index (χ4v) is 2.94. The molecule has 0 aliphatic heterocycles. The molecule has 1 aromatic heterocycles. The number of benzene rings is 1. The van der Waals surface area contributed by atoms with Gasteiger partial charge in [0, 0.05) is 6.04 Å². The number of para-hydroxylation sites is 1. The van der Waals surface area contributed by atoms with Crippen molar-refractivity contribution >= 4 is 16.9 Å². The van der Waals surface area contributed by atoms with Crippen LogP contribution in [0.15, 0.2) is 35.4 Å². The summed E-state index contributed by atoms with van der Waals surface area (Å²) in [6.07, 6.45) is 4.28. The van der Waals surface area contributed by atoms with Gasteiger partial charge in [-0.1, -0.05) is 12.1 Å². The molecule has 0 spiro atoms. The SMILES string of the molecule is O=C(O)C1CCC(n2cnc3ccccc3c2=O)CC1. The fraction of sp³-hybridized carbons (Fsp3) is 0.400. The molecule has 1 saturated carbocycles. The topological polar surface area (TPSA) is 72.2 Å². The van der Waals surface area contributed by atoms with E-state index in [1.807, 2.05) is 18.2 Å². The van der Waals surface area contributed by atoms with Crippen LogP contribution in [0.25, 0.3) is 10.9 Å². The van der Waals surface area contributed by atoms with Crippen molar-refractivity contribution in [1.82, 2.24) is 9.55 Å². The summed E-state index contributed by atoms with van der Waals surface area (Å²) in [4.78, 5) is 27.7. The van der Waals surface area contributed by atoms with Gasteiger partial charge in [0.1, 0.15) is 0 Å². The van der Waals surface area contributed by atoms with Crippen molar-refractivity contribution in [2.24, 2.45) is 5.92 Å². The predicted molar refractivity (Wildman–Crippen MR) is 74.6 cm³/mol. The molecule has 0 bridgehead atoms. The van der Waals surface area contributed by atoms with Gasteiger partial charge >= 0.3 is 5.97 Å². The molecule has 0 amide bonds. The lowest BCUT2D eigenvalue weighted by molar-refractivity contribution is -0.143. The zero-order valence-corrected chi connectivity index (χ0v) is 11.0. The highest BCUT2D eigenvalue weighted by atomic mass is 16.4. The number of hydrogen-bond acceptors (Lipinski definition) is 3. The predicted octanol–water partition coefficient (Wildman–Crippen LogP) is 2.21. The normalized spacial score (nSPS) is 22.8. The Morgan fingerprint density at radius 1 is 1.20 bits per heavy atom. The van der Waals surface area contributed by atoms with Crippen molar-refractivity contribution < 1.29 is 9.90 Å². The zero-order chi connectivity index (χ0) is 14.1. The standard InChI is InChI=1S/C15H16N2O3/c18-14-12-3-1-2-4-13(12)16-9-17(14)11-7-5-10(6-8-11)15(19)20/h1-4,9-11H,5-8H2,(H,19,20). The number of fused-ring (bicyclic) bond motifs is 1. The summed E-state index contributed by atoms with van der Waals surface area (Å²) in [7, 11) is 0. The Balaban J connectivity index is 1.90. The van der Waals surface area contributed by atoms with Crippen molar-refractivity contribution in [3.8, 4) is 0 Å². The molecule has 1 heterocycles. The van der Waals surface area contributed by atoms with Crippen LogP contribution in [0.2, 0.25) is 0 Å². The van der Waals surface area contributed by atoms with Crippen LogP contribution < -0.4 is 5.56 Å². The highest BCUT2D eigenvalue weighted by Gasteiger charge is 2.27. The summed E-state index contributed by atoms with van der Waals surface area (Å²) in [6, 6.07) is 7.36. The van der Waals surface area contributed by atoms with E-state index in [4.69, 9.17) is 5.11 Å². The second kappa shape index (κ2) is 5.07. The van der Waals surface area contributed by atoms with E-state index in [0.717, 1.165) is 12.8 Å². The molecule has 0 unspecified atom stereocenters. The van der Waals surface area contributed by atoms with E-state index >= 15 is 0 Å². The molecule has 1 aliphatic rings. The first-order valence-electron chi connectivity index (χ1n) is 6.85. The largest absolute Gasteiger partial charge is 0.481 e. The molecule has 1 fully saturated rings. The second-order valence-corrected chi connectivity index (χ2v) is 5.32. The van der Waals surface area contributed by atoms with Gasteiger partial charge in [-0.2, -0.15) is 0 Å². The number of carboxylic acids is 1. The first-order valence-corrected chi connectivity index (χ1v) is 6.85. The molecule has 0 radical (unpaired) electrons. The lowest BCUT2D eigenvalue weighted by Gasteiger charge is -2.27. The average Bonchev–Trinajstić information content (AvgIpc) is 2.48. The van der Waals surface area contributed by atoms with Crippen LogP contribution in [0, 0.1) is 5.92 Å². The molecule has 1 aromatic carbocycles. The lowest BCUT2D eigenvalue weighted by Crippen LogP contribution is -2.30. The Hall–Kier alpha value is -2.17. The fourth-order valence-electron chi connectivity index (χ4n) is 2.94. The molecule has 3 rings (SSSR count). The van der Waals surface area contributed by atoms with Gasteiger partial charge in [0.05, 0.1) is 23.1 Å². The van der Waals surface area contributed by atoms with Gasteiger partial charge < -0.3 is 5.11 Å². The second-order valence-electron chi connectivity index (χ2n) is 5.32. The van der Waals surface area contributed by atoms with E-state index in [1.54, 1.807) is 17.0 Å². The Morgan fingerprint density at radius 2 is 1.90 bits per heavy atom. The molecule has 20 heavy (non-hydrogen) atoms. The summed E-state index contributed by atoms with van der Waals surface area (Å²) in [5.74, 6) is -0.997. The van der Waals surface area contributed by atoms with Crippen LogP contribution in [-0.2, 0) is 4.79 Å². The molecule has 0 atom stereocenters. The van der Waals surface area contributed by atoms with Crippen LogP contribution in [0.4, 0.5) is 0 Å². The van der Waals surface area contributed by atoms with Gasteiger partial charge in [-0.15, -0.1) is 0 Å². The minimum Gasteiger partial charge on any atom is -0.481 e. The summed E-state index contributed by atoms with van der Waals surface area (Å²) in [5, 5.41) is 9.63. The molecular weight excluding hydrogens is 256 g/mol. The monoisotopic (exact) mass is 272 g/mol. The summed E-state index contributed by atoms with van der Waals surface area (Å²) in [5.41, 5.74) is 0.669. The number of hydrogen-bond donors (Lipinski definition) is 1. The Labute approximate surface area is 115 Å². The zero-order valence-electron chi connectivity index (χ0n) is 11.0. The molecule has 1 N–H and O–H groups in total. The van der Waals surface area contributed by atoms with Crippen molar-refractivity contribution in [1.29, 1.82) is 0 Å². The van der Waals surface area contributed by atoms with E-state index in [-0.39, 0.29) is 17.5 Å². The highest BCUT2D eigenvalue weighted by molar-refractivity contribution is 5.76. The maximum atomic E-state index is 12.4. The van der Waals surface area contributed by atoms with Crippen LogP contribution in [-0.4, -0.2) is 20.6 Å². The Morgan fingerprint density at radius 3 is 2.60 bits per heavy atom. The number of aromatic nitrogens is 2. The van der Waals surface area contributed by atoms with Crippen LogP contribution in [0.3, 0.4) is 0 Å².